The Balaban J connectivity index is 1.94. The van der Waals surface area contributed by atoms with Crippen molar-refractivity contribution in [3.63, 3.8) is 0 Å². The van der Waals surface area contributed by atoms with Gasteiger partial charge in [0.1, 0.15) is 17.3 Å². The second-order valence-electron chi connectivity index (χ2n) is 5.28. The minimum Gasteiger partial charge on any atom is -0.483 e. The molecule has 0 aromatic heterocycles. The number of nitrogens with two attached hydrogens (primary N) is 1. The van der Waals surface area contributed by atoms with Crippen LogP contribution in [0.1, 0.15) is 21.5 Å². The van der Waals surface area contributed by atoms with E-state index in [2.05, 4.69) is 0 Å². The Hall–Kier alpha value is -3.15. The van der Waals surface area contributed by atoms with Crippen molar-refractivity contribution in [1.29, 1.82) is 0 Å². The maximum Gasteiger partial charge on any atom is 0.255 e. The van der Waals surface area contributed by atoms with Crippen molar-refractivity contribution in [2.45, 2.75) is 6.92 Å². The van der Waals surface area contributed by atoms with Gasteiger partial charge in [-0.2, -0.15) is 0 Å². The largest absolute Gasteiger partial charge is 0.483 e. The molecule has 0 atom stereocenters. The Labute approximate surface area is 137 Å². The number of primary amides is 1. The van der Waals surface area contributed by atoms with E-state index in [1.165, 1.54) is 12.1 Å². The van der Waals surface area contributed by atoms with Gasteiger partial charge < -0.3 is 15.2 Å². The predicted octanol–water partition coefficient (Wildman–Crippen LogP) is 2.61. The number of Topliss-reactive ketones (excluding diaryl/α,β-unsaturated/α-hetero) is 1. The van der Waals surface area contributed by atoms with Crippen LogP contribution in [0.15, 0.2) is 42.2 Å². The van der Waals surface area contributed by atoms with E-state index in [-0.39, 0.29) is 23.7 Å². The number of carbonyl (C=O) groups is 2. The molecule has 1 amide bonds. The fourth-order valence-electron chi connectivity index (χ4n) is 2.41. The van der Waals surface area contributed by atoms with Gasteiger partial charge in [-0.1, -0.05) is 18.2 Å². The Morgan fingerprint density at radius 3 is 2.75 bits per heavy atom. The number of hydrogen-bond acceptors (Lipinski definition) is 4. The third-order valence-electron chi connectivity index (χ3n) is 3.60. The standard InChI is InChI=1S/C18H14FNO4/c1-10-14(23-9-16(20)21)7-6-12-17(22)15(24-18(10)12)8-11-4-2-3-5-13(11)19/h2-8H,9H2,1H3,(H2,20,21)/b15-8-. The average Bonchev–Trinajstić information content (AvgIpc) is 2.86. The van der Waals surface area contributed by atoms with E-state index in [1.54, 1.807) is 37.3 Å². The molecule has 2 N–H and O–H groups in total. The summed E-state index contributed by atoms with van der Waals surface area (Å²) in [5.41, 5.74) is 6.25. The molecule has 122 valence electrons. The molecule has 24 heavy (non-hydrogen) atoms. The number of fused-ring (bicyclic) bond motifs is 1. The smallest absolute Gasteiger partial charge is 0.255 e. The zero-order valence-corrected chi connectivity index (χ0v) is 12.8. The van der Waals surface area contributed by atoms with Gasteiger partial charge in [0, 0.05) is 11.1 Å². The Bertz CT molecular complexity index is 873. The lowest BCUT2D eigenvalue weighted by Crippen LogP contribution is -2.20. The van der Waals surface area contributed by atoms with Gasteiger partial charge in [-0.25, -0.2) is 4.39 Å². The Morgan fingerprint density at radius 2 is 2.04 bits per heavy atom. The fourth-order valence-corrected chi connectivity index (χ4v) is 2.41. The van der Waals surface area contributed by atoms with Gasteiger partial charge in [-0.05, 0) is 31.2 Å². The lowest BCUT2D eigenvalue weighted by Gasteiger charge is -2.09. The van der Waals surface area contributed by atoms with Crippen molar-refractivity contribution in [3.8, 4) is 11.5 Å². The Morgan fingerprint density at radius 1 is 1.29 bits per heavy atom. The van der Waals surface area contributed by atoms with Crippen LogP contribution >= 0.6 is 0 Å². The summed E-state index contributed by atoms with van der Waals surface area (Å²) in [6.45, 7) is 1.43. The van der Waals surface area contributed by atoms with Crippen LogP contribution < -0.4 is 15.2 Å². The SMILES string of the molecule is Cc1c(OCC(N)=O)ccc2c1O/C(=C\c1ccccc1F)C2=O. The van der Waals surface area contributed by atoms with E-state index in [9.17, 15) is 14.0 Å². The second kappa shape index (κ2) is 6.16. The number of ether oxygens (including phenoxy) is 2. The van der Waals surface area contributed by atoms with Crippen molar-refractivity contribution in [3.05, 3.63) is 64.7 Å². The second-order valence-corrected chi connectivity index (χ2v) is 5.28. The first-order valence-electron chi connectivity index (χ1n) is 7.21. The van der Waals surface area contributed by atoms with Crippen LogP contribution in [0, 0.1) is 12.7 Å². The summed E-state index contributed by atoms with van der Waals surface area (Å²) in [6.07, 6.45) is 1.36. The summed E-state index contributed by atoms with van der Waals surface area (Å²) in [6, 6.07) is 9.21. The first kappa shape index (κ1) is 15.7. The Kier molecular flexibility index (Phi) is 4.04. The molecule has 0 bridgehead atoms. The van der Waals surface area contributed by atoms with E-state index in [0.29, 0.717) is 22.6 Å². The van der Waals surface area contributed by atoms with E-state index < -0.39 is 11.7 Å². The highest BCUT2D eigenvalue weighted by Gasteiger charge is 2.30. The number of benzene rings is 2. The number of halogens is 1. The van der Waals surface area contributed by atoms with Crippen molar-refractivity contribution < 1.29 is 23.5 Å². The van der Waals surface area contributed by atoms with Gasteiger partial charge in [-0.3, -0.25) is 9.59 Å². The number of rotatable bonds is 4. The molecular formula is C18H14FNO4. The molecule has 0 saturated carbocycles. The third kappa shape index (κ3) is 2.86. The normalized spacial score (nSPS) is 14.4. The molecule has 1 aliphatic rings. The van der Waals surface area contributed by atoms with Crippen LogP contribution in [0.2, 0.25) is 0 Å². The monoisotopic (exact) mass is 327 g/mol. The number of hydrogen-bond donors (Lipinski definition) is 1. The van der Waals surface area contributed by atoms with Crippen LogP contribution in [0.4, 0.5) is 4.39 Å². The van der Waals surface area contributed by atoms with Crippen LogP contribution in [-0.2, 0) is 4.79 Å². The minimum atomic E-state index is -0.605. The number of carbonyl (C=O) groups excluding carboxylic acids is 2. The molecule has 6 heteroatoms. The molecule has 2 aromatic carbocycles. The highest BCUT2D eigenvalue weighted by Crippen LogP contribution is 2.39. The molecule has 1 aliphatic heterocycles. The van der Waals surface area contributed by atoms with Gasteiger partial charge in [0.15, 0.2) is 12.4 Å². The molecule has 5 nitrogen and oxygen atoms in total. The summed E-state index contributed by atoms with van der Waals surface area (Å²) in [5, 5.41) is 0. The van der Waals surface area contributed by atoms with Crippen LogP contribution in [0.25, 0.3) is 6.08 Å². The first-order chi connectivity index (χ1) is 11.5. The summed E-state index contributed by atoms with van der Waals surface area (Å²) >= 11 is 0. The lowest BCUT2D eigenvalue weighted by atomic mass is 10.1. The van der Waals surface area contributed by atoms with E-state index in [0.717, 1.165) is 0 Å². The lowest BCUT2D eigenvalue weighted by molar-refractivity contribution is -0.119. The molecule has 0 fully saturated rings. The molecule has 0 aliphatic carbocycles. The highest BCUT2D eigenvalue weighted by atomic mass is 19.1. The van der Waals surface area contributed by atoms with Gasteiger partial charge in [0.25, 0.3) is 5.91 Å². The zero-order valence-electron chi connectivity index (χ0n) is 12.8. The number of amides is 1. The van der Waals surface area contributed by atoms with Crippen molar-refractivity contribution in [2.75, 3.05) is 6.61 Å². The topological polar surface area (TPSA) is 78.6 Å². The van der Waals surface area contributed by atoms with E-state index in [4.69, 9.17) is 15.2 Å². The molecule has 1 heterocycles. The average molecular weight is 327 g/mol. The molecular weight excluding hydrogens is 313 g/mol. The zero-order chi connectivity index (χ0) is 17.3. The van der Waals surface area contributed by atoms with Gasteiger partial charge in [0.05, 0.1) is 5.56 Å². The van der Waals surface area contributed by atoms with Crippen LogP contribution in [0.3, 0.4) is 0 Å². The van der Waals surface area contributed by atoms with E-state index in [1.807, 2.05) is 0 Å². The fraction of sp³-hybridized carbons (Fsp3) is 0.111. The molecule has 3 rings (SSSR count). The summed E-state index contributed by atoms with van der Waals surface area (Å²) < 4.78 is 24.6. The number of allylic oxidation sites excluding steroid dienone is 1. The molecule has 0 unspecified atom stereocenters. The van der Waals surface area contributed by atoms with Crippen molar-refractivity contribution in [1.82, 2.24) is 0 Å². The maximum absolute atomic E-state index is 13.7. The molecule has 0 radical (unpaired) electrons. The summed E-state index contributed by atoms with van der Waals surface area (Å²) in [7, 11) is 0. The van der Waals surface area contributed by atoms with Gasteiger partial charge in [0.2, 0.25) is 5.78 Å². The third-order valence-corrected chi connectivity index (χ3v) is 3.60. The summed E-state index contributed by atoms with van der Waals surface area (Å²) in [4.78, 5) is 23.2. The maximum atomic E-state index is 13.7. The molecule has 0 spiro atoms. The van der Waals surface area contributed by atoms with Crippen LogP contribution in [-0.4, -0.2) is 18.3 Å². The molecule has 0 saturated heterocycles. The van der Waals surface area contributed by atoms with Crippen molar-refractivity contribution >= 4 is 17.8 Å². The molecule has 2 aromatic rings. The van der Waals surface area contributed by atoms with Crippen molar-refractivity contribution in [2.24, 2.45) is 5.73 Å². The predicted molar refractivity (Wildman–Crippen MR) is 85.2 cm³/mol. The highest BCUT2D eigenvalue weighted by molar-refractivity contribution is 6.15. The van der Waals surface area contributed by atoms with Crippen LogP contribution in [0.5, 0.6) is 11.5 Å². The van der Waals surface area contributed by atoms with E-state index >= 15 is 0 Å². The number of ketones is 1. The quantitative estimate of drug-likeness (QED) is 0.876. The van der Waals surface area contributed by atoms with Gasteiger partial charge in [-0.15, -0.1) is 0 Å². The first-order valence-corrected chi connectivity index (χ1v) is 7.21. The minimum absolute atomic E-state index is 0.0326. The van der Waals surface area contributed by atoms with Gasteiger partial charge >= 0.3 is 0 Å². The summed E-state index contributed by atoms with van der Waals surface area (Å²) in [5.74, 6) is -0.619.